The third-order valence-electron chi connectivity index (χ3n) is 5.51. The molecule has 6 heteroatoms. The number of carboxylic acid groups (broad SMARTS) is 1. The number of aromatic nitrogens is 2. The number of aliphatic carboxylic acids is 1. The Balaban J connectivity index is 1.38. The van der Waals surface area contributed by atoms with Crippen LogP contribution in [0.2, 0.25) is 0 Å². The van der Waals surface area contributed by atoms with Gasteiger partial charge in [-0.1, -0.05) is 41.9 Å². The molecule has 6 nitrogen and oxygen atoms in total. The van der Waals surface area contributed by atoms with Crippen LogP contribution in [0.5, 0.6) is 0 Å². The Morgan fingerprint density at radius 2 is 2.21 bits per heavy atom. The maximum Gasteiger partial charge on any atom is 0.311 e. The molecule has 0 unspecified atom stereocenters. The van der Waals surface area contributed by atoms with Crippen molar-refractivity contribution < 1.29 is 14.4 Å². The zero-order valence-electron chi connectivity index (χ0n) is 13.5. The Hall–Kier alpha value is -2.21. The highest BCUT2D eigenvalue weighted by molar-refractivity contribution is 5.76. The number of carboxylic acids is 1. The Morgan fingerprint density at radius 3 is 2.96 bits per heavy atom. The van der Waals surface area contributed by atoms with E-state index in [2.05, 4.69) is 15.0 Å². The van der Waals surface area contributed by atoms with Gasteiger partial charge in [-0.15, -0.1) is 0 Å². The third kappa shape index (κ3) is 2.60. The van der Waals surface area contributed by atoms with E-state index >= 15 is 0 Å². The van der Waals surface area contributed by atoms with Gasteiger partial charge in [-0.3, -0.25) is 4.79 Å². The first-order valence-electron chi connectivity index (χ1n) is 8.51. The number of hydrogen-bond acceptors (Lipinski definition) is 5. The van der Waals surface area contributed by atoms with Gasteiger partial charge in [-0.2, -0.15) is 4.98 Å². The predicted octanol–water partition coefficient (Wildman–Crippen LogP) is 2.47. The number of benzene rings is 1. The first-order chi connectivity index (χ1) is 11.7. The minimum Gasteiger partial charge on any atom is -0.481 e. The Bertz CT molecular complexity index is 730. The monoisotopic (exact) mass is 327 g/mol. The number of likely N-dealkylation sites (tertiary alicyclic amines) is 1. The number of nitrogens with zero attached hydrogens (tertiary/aromatic N) is 3. The number of hydrogen-bond donors (Lipinski definition) is 1. The van der Waals surface area contributed by atoms with E-state index in [1.54, 1.807) is 0 Å². The molecular formula is C18H21N3O3. The van der Waals surface area contributed by atoms with E-state index in [0.717, 1.165) is 37.9 Å². The van der Waals surface area contributed by atoms with Crippen molar-refractivity contribution in [2.45, 2.75) is 25.7 Å². The Kier molecular flexibility index (Phi) is 3.84. The fraction of sp³-hybridized carbons (Fsp3) is 0.500. The van der Waals surface area contributed by atoms with Gasteiger partial charge in [0, 0.05) is 31.6 Å². The molecule has 2 heterocycles. The van der Waals surface area contributed by atoms with Crippen molar-refractivity contribution in [1.29, 1.82) is 0 Å². The molecule has 2 aromatic rings. The summed E-state index contributed by atoms with van der Waals surface area (Å²) in [6.07, 6.45) is 3.53. The topological polar surface area (TPSA) is 79.5 Å². The summed E-state index contributed by atoms with van der Waals surface area (Å²) in [5.41, 5.74) is 0.414. The van der Waals surface area contributed by atoms with E-state index in [1.807, 2.05) is 30.3 Å². The fourth-order valence-electron chi connectivity index (χ4n) is 4.23. The molecule has 1 aliphatic carbocycles. The van der Waals surface area contributed by atoms with Crippen LogP contribution in [0.3, 0.4) is 0 Å². The largest absolute Gasteiger partial charge is 0.481 e. The third-order valence-corrected chi connectivity index (χ3v) is 5.51. The Labute approximate surface area is 140 Å². The van der Waals surface area contributed by atoms with E-state index in [9.17, 15) is 9.90 Å². The first-order valence-corrected chi connectivity index (χ1v) is 8.51. The van der Waals surface area contributed by atoms with Gasteiger partial charge in [0.25, 0.3) is 0 Å². The second-order valence-corrected chi connectivity index (χ2v) is 6.91. The molecule has 1 aliphatic heterocycles. The molecule has 126 valence electrons. The van der Waals surface area contributed by atoms with Crippen LogP contribution in [0.4, 0.5) is 0 Å². The molecular weight excluding hydrogens is 306 g/mol. The molecule has 24 heavy (non-hydrogen) atoms. The lowest BCUT2D eigenvalue weighted by molar-refractivity contribution is -0.149. The summed E-state index contributed by atoms with van der Waals surface area (Å²) in [6.45, 7) is 2.28. The van der Waals surface area contributed by atoms with Crippen molar-refractivity contribution in [3.8, 4) is 11.4 Å². The molecule has 1 aromatic heterocycles. The van der Waals surface area contributed by atoms with E-state index in [-0.39, 0.29) is 5.92 Å². The Morgan fingerprint density at radius 1 is 1.38 bits per heavy atom. The molecule has 2 aliphatic rings. The van der Waals surface area contributed by atoms with Crippen LogP contribution >= 0.6 is 0 Å². The average Bonchev–Trinajstić information content (AvgIpc) is 3.28. The summed E-state index contributed by atoms with van der Waals surface area (Å²) in [6, 6.07) is 9.74. The standard InChI is InChI=1S/C18H21N3O3/c22-17(23)18-9-4-7-14(18)11-21(12-18)10-8-15-19-16(20-24-15)13-5-2-1-3-6-13/h1-3,5-6,14H,4,7-12H2,(H,22,23)/t14-,18+/m0/s1. The lowest BCUT2D eigenvalue weighted by Gasteiger charge is -2.23. The molecule has 2 atom stereocenters. The molecule has 1 saturated heterocycles. The molecule has 0 bridgehead atoms. The molecule has 0 radical (unpaired) electrons. The number of rotatable bonds is 5. The summed E-state index contributed by atoms with van der Waals surface area (Å²) in [4.78, 5) is 18.4. The van der Waals surface area contributed by atoms with Crippen LogP contribution < -0.4 is 0 Å². The fourth-order valence-corrected chi connectivity index (χ4v) is 4.23. The van der Waals surface area contributed by atoms with E-state index in [4.69, 9.17) is 4.52 Å². The first kappa shape index (κ1) is 15.3. The van der Waals surface area contributed by atoms with Gasteiger partial charge >= 0.3 is 5.97 Å². The van der Waals surface area contributed by atoms with Gasteiger partial charge in [0.05, 0.1) is 5.41 Å². The quantitative estimate of drug-likeness (QED) is 0.909. The highest BCUT2D eigenvalue weighted by atomic mass is 16.5. The summed E-state index contributed by atoms with van der Waals surface area (Å²) in [5.74, 6) is 0.871. The van der Waals surface area contributed by atoms with Gasteiger partial charge in [0.2, 0.25) is 11.7 Å². The van der Waals surface area contributed by atoms with Crippen LogP contribution in [0.15, 0.2) is 34.9 Å². The maximum atomic E-state index is 11.7. The highest BCUT2D eigenvalue weighted by Gasteiger charge is 2.54. The highest BCUT2D eigenvalue weighted by Crippen LogP contribution is 2.48. The maximum absolute atomic E-state index is 11.7. The number of fused-ring (bicyclic) bond motifs is 1. The summed E-state index contributed by atoms with van der Waals surface area (Å²) < 4.78 is 5.34. The van der Waals surface area contributed by atoms with Crippen molar-refractivity contribution in [2.75, 3.05) is 19.6 Å². The van der Waals surface area contributed by atoms with E-state index < -0.39 is 11.4 Å². The van der Waals surface area contributed by atoms with Crippen LogP contribution in [-0.4, -0.2) is 45.8 Å². The van der Waals surface area contributed by atoms with Gasteiger partial charge < -0.3 is 14.5 Å². The molecule has 0 spiro atoms. The minimum absolute atomic E-state index is 0.289. The summed E-state index contributed by atoms with van der Waals surface area (Å²) >= 11 is 0. The molecule has 1 N–H and O–H groups in total. The zero-order chi connectivity index (χ0) is 16.6. The minimum atomic E-state index is -0.628. The lowest BCUT2D eigenvalue weighted by atomic mass is 9.81. The smallest absolute Gasteiger partial charge is 0.311 e. The average molecular weight is 327 g/mol. The van der Waals surface area contributed by atoms with Gasteiger partial charge in [0.15, 0.2) is 0 Å². The normalized spacial score (nSPS) is 26.6. The number of carbonyl (C=O) groups is 1. The van der Waals surface area contributed by atoms with Gasteiger partial charge in [-0.25, -0.2) is 0 Å². The van der Waals surface area contributed by atoms with E-state index in [0.29, 0.717) is 24.7 Å². The van der Waals surface area contributed by atoms with Gasteiger partial charge in [-0.05, 0) is 18.8 Å². The van der Waals surface area contributed by atoms with Crippen molar-refractivity contribution in [2.24, 2.45) is 11.3 Å². The second kappa shape index (κ2) is 6.02. The molecule has 1 aromatic carbocycles. The zero-order valence-corrected chi connectivity index (χ0v) is 13.5. The van der Waals surface area contributed by atoms with Crippen molar-refractivity contribution in [1.82, 2.24) is 15.0 Å². The predicted molar refractivity (Wildman–Crippen MR) is 87.3 cm³/mol. The molecule has 2 fully saturated rings. The summed E-state index contributed by atoms with van der Waals surface area (Å²) in [7, 11) is 0. The van der Waals surface area contributed by atoms with Crippen molar-refractivity contribution in [3.63, 3.8) is 0 Å². The van der Waals surface area contributed by atoms with Crippen LogP contribution in [-0.2, 0) is 11.2 Å². The van der Waals surface area contributed by atoms with Crippen molar-refractivity contribution in [3.05, 3.63) is 36.2 Å². The van der Waals surface area contributed by atoms with Crippen LogP contribution in [0.1, 0.15) is 25.2 Å². The summed E-state index contributed by atoms with van der Waals surface area (Å²) in [5, 5.41) is 13.7. The second-order valence-electron chi connectivity index (χ2n) is 6.91. The molecule has 4 rings (SSSR count). The van der Waals surface area contributed by atoms with Crippen LogP contribution in [0.25, 0.3) is 11.4 Å². The molecule has 1 saturated carbocycles. The van der Waals surface area contributed by atoms with E-state index in [1.165, 1.54) is 0 Å². The van der Waals surface area contributed by atoms with Crippen molar-refractivity contribution >= 4 is 5.97 Å². The SMILES string of the molecule is O=C(O)[C@@]12CCC[C@H]1CN(CCc1nc(-c3ccccc3)no1)C2. The van der Waals surface area contributed by atoms with Gasteiger partial charge in [0.1, 0.15) is 0 Å². The molecule has 0 amide bonds. The van der Waals surface area contributed by atoms with Crippen LogP contribution in [0, 0.1) is 11.3 Å². The lowest BCUT2D eigenvalue weighted by Crippen LogP contribution is -2.36.